The van der Waals surface area contributed by atoms with Crippen molar-refractivity contribution in [1.82, 2.24) is 0 Å². The van der Waals surface area contributed by atoms with E-state index in [0.717, 1.165) is 11.3 Å². The zero-order chi connectivity index (χ0) is 8.55. The summed E-state index contributed by atoms with van der Waals surface area (Å²) in [6, 6.07) is 0. The number of azo groups is 1. The molecule has 0 saturated carbocycles. The molecule has 0 aromatic carbocycles. The van der Waals surface area contributed by atoms with Gasteiger partial charge in [-0.05, 0) is 12.5 Å². The number of rotatable bonds is 0. The minimum Gasteiger partial charge on any atom is -0.270 e. The van der Waals surface area contributed by atoms with Crippen molar-refractivity contribution in [2.24, 2.45) is 16.1 Å². The van der Waals surface area contributed by atoms with Crippen LogP contribution in [0.2, 0.25) is 0 Å². The maximum atomic E-state index is 11.2. The van der Waals surface area contributed by atoms with Gasteiger partial charge in [0.25, 0.3) is 5.91 Å². The lowest BCUT2D eigenvalue weighted by Gasteiger charge is -2.16. The van der Waals surface area contributed by atoms with Gasteiger partial charge in [-0.25, -0.2) is 0 Å². The largest absolute Gasteiger partial charge is 0.275 e. The molecule has 60 valence electrons. The van der Waals surface area contributed by atoms with Crippen LogP contribution >= 0.6 is 0 Å². The molecule has 0 spiro atoms. The SMILES string of the molecule is CC1=C2C=CC=CC2C(=O)N=N1. The summed E-state index contributed by atoms with van der Waals surface area (Å²) in [5.41, 5.74) is 1.80. The molecule has 1 amide bonds. The zero-order valence-electron chi connectivity index (χ0n) is 6.69. The lowest BCUT2D eigenvalue weighted by molar-refractivity contribution is -0.120. The Morgan fingerprint density at radius 2 is 2.17 bits per heavy atom. The quantitative estimate of drug-likeness (QED) is 0.534. The summed E-state index contributed by atoms with van der Waals surface area (Å²) in [5.74, 6) is -0.358. The number of amides is 1. The molecule has 0 aromatic heterocycles. The van der Waals surface area contributed by atoms with E-state index in [2.05, 4.69) is 10.2 Å². The number of hydrogen-bond acceptors (Lipinski definition) is 2. The van der Waals surface area contributed by atoms with Gasteiger partial charge in [-0.15, -0.1) is 5.11 Å². The lowest BCUT2D eigenvalue weighted by atomic mass is 9.92. The highest BCUT2D eigenvalue weighted by Gasteiger charge is 2.24. The normalized spacial score (nSPS) is 26.4. The zero-order valence-corrected chi connectivity index (χ0v) is 6.69. The predicted octanol–water partition coefficient (Wildman–Crippen LogP) is 1.99. The van der Waals surface area contributed by atoms with E-state index >= 15 is 0 Å². The fraction of sp³-hybridized carbons (Fsp3) is 0.222. The first-order chi connectivity index (χ1) is 5.79. The molecule has 1 aliphatic carbocycles. The monoisotopic (exact) mass is 160 g/mol. The van der Waals surface area contributed by atoms with Crippen molar-refractivity contribution < 1.29 is 4.79 Å². The van der Waals surface area contributed by atoms with Crippen LogP contribution in [0.25, 0.3) is 0 Å². The molecule has 1 heterocycles. The van der Waals surface area contributed by atoms with Crippen molar-refractivity contribution in [3.63, 3.8) is 0 Å². The molecular formula is C9H8N2O. The van der Waals surface area contributed by atoms with Crippen molar-refractivity contribution in [2.75, 3.05) is 0 Å². The summed E-state index contributed by atoms with van der Waals surface area (Å²) in [4.78, 5) is 11.2. The van der Waals surface area contributed by atoms with Crippen molar-refractivity contribution in [3.05, 3.63) is 35.6 Å². The fourth-order valence-electron chi connectivity index (χ4n) is 1.35. The lowest BCUT2D eigenvalue weighted by Crippen LogP contribution is -2.16. The Hall–Kier alpha value is -1.51. The average molecular weight is 160 g/mol. The van der Waals surface area contributed by atoms with Crippen LogP contribution in [0.4, 0.5) is 0 Å². The van der Waals surface area contributed by atoms with Gasteiger partial charge in [-0.1, -0.05) is 24.3 Å². The molecule has 0 N–H and O–H groups in total. The molecule has 3 nitrogen and oxygen atoms in total. The summed E-state index contributed by atoms with van der Waals surface area (Å²) in [5, 5.41) is 7.30. The van der Waals surface area contributed by atoms with Crippen LogP contribution in [-0.2, 0) is 4.79 Å². The first kappa shape index (κ1) is 7.16. The second-order valence-electron chi connectivity index (χ2n) is 2.80. The van der Waals surface area contributed by atoms with Crippen molar-refractivity contribution >= 4 is 5.91 Å². The van der Waals surface area contributed by atoms with Gasteiger partial charge in [0.05, 0.1) is 11.6 Å². The van der Waals surface area contributed by atoms with Crippen LogP contribution < -0.4 is 0 Å². The molecule has 1 aliphatic heterocycles. The van der Waals surface area contributed by atoms with Gasteiger partial charge in [0, 0.05) is 0 Å². The standard InChI is InChI=1S/C9H8N2O/c1-6-7-4-2-3-5-8(7)9(12)11-10-6/h2-5,8H,1H3. The highest BCUT2D eigenvalue weighted by atomic mass is 16.2. The molecular weight excluding hydrogens is 152 g/mol. The molecule has 12 heavy (non-hydrogen) atoms. The molecule has 2 aliphatic rings. The van der Waals surface area contributed by atoms with Crippen LogP contribution in [0.1, 0.15) is 6.92 Å². The van der Waals surface area contributed by atoms with Crippen molar-refractivity contribution in [1.29, 1.82) is 0 Å². The third-order valence-electron chi connectivity index (χ3n) is 2.01. The van der Waals surface area contributed by atoms with E-state index in [4.69, 9.17) is 0 Å². The summed E-state index contributed by atoms with van der Waals surface area (Å²) < 4.78 is 0. The first-order valence-corrected chi connectivity index (χ1v) is 3.80. The van der Waals surface area contributed by atoms with E-state index < -0.39 is 0 Å². The minimum atomic E-state index is -0.188. The maximum absolute atomic E-state index is 11.2. The summed E-state index contributed by atoms with van der Waals surface area (Å²) in [6.45, 7) is 1.86. The van der Waals surface area contributed by atoms with Gasteiger partial charge in [0.2, 0.25) is 0 Å². The smallest absolute Gasteiger partial charge is 0.270 e. The minimum absolute atomic E-state index is 0.170. The van der Waals surface area contributed by atoms with Gasteiger partial charge in [-0.3, -0.25) is 4.79 Å². The Bertz CT molecular complexity index is 348. The molecule has 0 bridgehead atoms. The first-order valence-electron chi connectivity index (χ1n) is 3.80. The summed E-state index contributed by atoms with van der Waals surface area (Å²) >= 11 is 0. The Kier molecular flexibility index (Phi) is 1.50. The molecule has 2 rings (SSSR count). The van der Waals surface area contributed by atoms with Crippen molar-refractivity contribution in [3.8, 4) is 0 Å². The number of allylic oxidation sites excluding steroid dienone is 4. The number of hydrogen-bond donors (Lipinski definition) is 0. The Balaban J connectivity index is 2.51. The van der Waals surface area contributed by atoms with Crippen LogP contribution in [0.5, 0.6) is 0 Å². The van der Waals surface area contributed by atoms with E-state index in [1.807, 2.05) is 31.2 Å². The van der Waals surface area contributed by atoms with E-state index in [9.17, 15) is 4.79 Å². The van der Waals surface area contributed by atoms with Crippen LogP contribution in [-0.4, -0.2) is 5.91 Å². The number of nitrogens with zero attached hydrogens (tertiary/aromatic N) is 2. The van der Waals surface area contributed by atoms with E-state index in [1.165, 1.54) is 0 Å². The summed E-state index contributed by atoms with van der Waals surface area (Å²) in [7, 11) is 0. The number of fused-ring (bicyclic) bond motifs is 1. The third-order valence-corrected chi connectivity index (χ3v) is 2.01. The second kappa shape index (κ2) is 2.52. The Morgan fingerprint density at radius 3 is 2.92 bits per heavy atom. The van der Waals surface area contributed by atoms with Crippen LogP contribution in [0.3, 0.4) is 0 Å². The highest BCUT2D eigenvalue weighted by molar-refractivity contribution is 5.86. The highest BCUT2D eigenvalue weighted by Crippen LogP contribution is 2.27. The molecule has 1 unspecified atom stereocenters. The van der Waals surface area contributed by atoms with Gasteiger partial charge in [0.15, 0.2) is 0 Å². The number of carbonyl (C=O) groups is 1. The second-order valence-corrected chi connectivity index (χ2v) is 2.80. The van der Waals surface area contributed by atoms with E-state index in [-0.39, 0.29) is 11.8 Å². The Labute approximate surface area is 70.2 Å². The third kappa shape index (κ3) is 0.942. The molecule has 0 fully saturated rings. The fourth-order valence-corrected chi connectivity index (χ4v) is 1.35. The van der Waals surface area contributed by atoms with Gasteiger partial charge in [-0.2, -0.15) is 5.11 Å². The molecule has 1 atom stereocenters. The van der Waals surface area contributed by atoms with E-state index in [1.54, 1.807) is 0 Å². The average Bonchev–Trinajstić information content (AvgIpc) is 2.12. The van der Waals surface area contributed by atoms with Crippen molar-refractivity contribution in [2.45, 2.75) is 6.92 Å². The molecule has 0 saturated heterocycles. The molecule has 3 heteroatoms. The molecule has 0 aromatic rings. The van der Waals surface area contributed by atoms with Gasteiger partial charge < -0.3 is 0 Å². The van der Waals surface area contributed by atoms with Gasteiger partial charge >= 0.3 is 0 Å². The van der Waals surface area contributed by atoms with Gasteiger partial charge in [0.1, 0.15) is 0 Å². The topological polar surface area (TPSA) is 41.8 Å². The van der Waals surface area contributed by atoms with Crippen LogP contribution in [0.15, 0.2) is 45.8 Å². The van der Waals surface area contributed by atoms with E-state index in [0.29, 0.717) is 0 Å². The number of carbonyl (C=O) groups excluding carboxylic acids is 1. The summed E-state index contributed by atoms with van der Waals surface area (Å²) in [6.07, 6.45) is 7.53. The molecule has 0 radical (unpaired) electrons. The van der Waals surface area contributed by atoms with Crippen LogP contribution in [0, 0.1) is 5.92 Å². The predicted molar refractivity (Wildman–Crippen MR) is 44.3 cm³/mol. The maximum Gasteiger partial charge on any atom is 0.275 e. The Morgan fingerprint density at radius 1 is 1.33 bits per heavy atom.